The van der Waals surface area contributed by atoms with Gasteiger partial charge >= 0.3 is 0 Å². The molecule has 0 saturated heterocycles. The predicted molar refractivity (Wildman–Crippen MR) is 115 cm³/mol. The Morgan fingerprint density at radius 3 is 2.59 bits per heavy atom. The normalized spacial score (nSPS) is 10.7. The number of hydrogen-bond acceptors (Lipinski definition) is 7. The average molecular weight is 454 g/mol. The summed E-state index contributed by atoms with van der Waals surface area (Å²) < 4.78 is 12.6. The largest absolute Gasteiger partial charge is 0.486 e. The molecule has 1 N–H and O–H groups in total. The van der Waals surface area contributed by atoms with Crippen LogP contribution in [0.1, 0.15) is 21.9 Å². The Balaban J connectivity index is 1.31. The van der Waals surface area contributed by atoms with Crippen molar-refractivity contribution in [3.8, 4) is 5.75 Å². The zero-order chi connectivity index (χ0) is 22.5. The lowest BCUT2D eigenvalue weighted by molar-refractivity contribution is -0.384. The number of benzene rings is 2. The summed E-state index contributed by atoms with van der Waals surface area (Å²) in [6.45, 7) is 0.532. The number of nitrogens with zero attached hydrogens (tertiary/aromatic N) is 4. The summed E-state index contributed by atoms with van der Waals surface area (Å²) in [6, 6.07) is 16.1. The molecule has 0 fully saturated rings. The molecule has 4 rings (SSSR count). The lowest BCUT2D eigenvalue weighted by Crippen LogP contribution is -2.12. The van der Waals surface area contributed by atoms with E-state index in [1.807, 2.05) is 12.1 Å². The fourth-order valence-electron chi connectivity index (χ4n) is 2.76. The summed E-state index contributed by atoms with van der Waals surface area (Å²) in [5.74, 6) is 0.560. The molecule has 11 heteroatoms. The molecule has 0 aliphatic rings. The zero-order valence-electron chi connectivity index (χ0n) is 16.5. The lowest BCUT2D eigenvalue weighted by atomic mass is 10.2. The van der Waals surface area contributed by atoms with Crippen LogP contribution in [0.5, 0.6) is 5.75 Å². The highest BCUT2D eigenvalue weighted by molar-refractivity contribution is 6.30. The van der Waals surface area contributed by atoms with E-state index in [0.717, 1.165) is 5.56 Å². The van der Waals surface area contributed by atoms with Crippen molar-refractivity contribution in [3.05, 3.63) is 99.2 Å². The van der Waals surface area contributed by atoms with Gasteiger partial charge in [0.1, 0.15) is 24.4 Å². The maximum Gasteiger partial charge on any atom is 0.293 e. The van der Waals surface area contributed by atoms with Crippen LogP contribution in [-0.4, -0.2) is 25.6 Å². The summed E-state index contributed by atoms with van der Waals surface area (Å²) in [5.41, 5.74) is 0.958. The zero-order valence-corrected chi connectivity index (χ0v) is 17.2. The van der Waals surface area contributed by atoms with Gasteiger partial charge in [0, 0.05) is 17.2 Å². The van der Waals surface area contributed by atoms with Gasteiger partial charge in [-0.3, -0.25) is 20.2 Å². The number of furan rings is 1. The van der Waals surface area contributed by atoms with E-state index in [1.165, 1.54) is 36.7 Å². The summed E-state index contributed by atoms with van der Waals surface area (Å²) >= 11 is 5.88. The number of non-ortho nitro benzene ring substituents is 1. The van der Waals surface area contributed by atoms with Crippen LogP contribution in [0, 0.1) is 10.1 Å². The molecule has 2 aromatic carbocycles. The molecular weight excluding hydrogens is 438 g/mol. The molecule has 1 amide bonds. The number of rotatable bonds is 8. The standard InChI is InChI=1S/C21H16ClN5O5/c22-15-3-1-14(2-4-15)11-26-13-23-21(25-26)24-20(28)19-10-9-18(32-19)12-31-17-7-5-16(6-8-17)27(29)30/h1-10,13H,11-12H2,(H,24,25,28). The maximum absolute atomic E-state index is 12.4. The Kier molecular flexibility index (Phi) is 6.13. The molecule has 2 aromatic heterocycles. The third-order valence-electron chi connectivity index (χ3n) is 4.33. The third-order valence-corrected chi connectivity index (χ3v) is 4.59. The second-order valence-electron chi connectivity index (χ2n) is 6.65. The van der Waals surface area contributed by atoms with Crippen LogP contribution in [0.2, 0.25) is 5.02 Å². The lowest BCUT2D eigenvalue weighted by Gasteiger charge is -2.03. The molecule has 0 aliphatic heterocycles. The topological polar surface area (TPSA) is 125 Å². The smallest absolute Gasteiger partial charge is 0.293 e. The molecule has 0 spiro atoms. The van der Waals surface area contributed by atoms with E-state index in [0.29, 0.717) is 23.1 Å². The molecule has 32 heavy (non-hydrogen) atoms. The first-order chi connectivity index (χ1) is 15.5. The van der Waals surface area contributed by atoms with Crippen molar-refractivity contribution in [3.63, 3.8) is 0 Å². The molecule has 10 nitrogen and oxygen atoms in total. The minimum atomic E-state index is -0.504. The first-order valence-electron chi connectivity index (χ1n) is 9.37. The van der Waals surface area contributed by atoms with Crippen molar-refractivity contribution < 1.29 is 18.9 Å². The highest BCUT2D eigenvalue weighted by Crippen LogP contribution is 2.19. The Morgan fingerprint density at radius 1 is 1.12 bits per heavy atom. The van der Waals surface area contributed by atoms with E-state index >= 15 is 0 Å². The van der Waals surface area contributed by atoms with Gasteiger partial charge in [-0.05, 0) is 42.0 Å². The molecule has 0 unspecified atom stereocenters. The van der Waals surface area contributed by atoms with Crippen LogP contribution in [0.15, 0.2) is 71.4 Å². The number of ether oxygens (including phenoxy) is 1. The van der Waals surface area contributed by atoms with Gasteiger partial charge in [0.2, 0.25) is 5.95 Å². The van der Waals surface area contributed by atoms with Crippen LogP contribution in [-0.2, 0) is 13.2 Å². The first-order valence-corrected chi connectivity index (χ1v) is 9.75. The molecule has 162 valence electrons. The summed E-state index contributed by atoms with van der Waals surface area (Å²) in [6.07, 6.45) is 1.51. The van der Waals surface area contributed by atoms with Gasteiger partial charge in [-0.25, -0.2) is 9.67 Å². The molecule has 0 saturated carbocycles. The highest BCUT2D eigenvalue weighted by Gasteiger charge is 2.14. The fraction of sp³-hybridized carbons (Fsp3) is 0.0952. The Bertz CT molecular complexity index is 1230. The van der Waals surface area contributed by atoms with Crippen molar-refractivity contribution in [2.45, 2.75) is 13.2 Å². The van der Waals surface area contributed by atoms with Crippen LogP contribution < -0.4 is 10.1 Å². The maximum atomic E-state index is 12.4. The molecule has 0 radical (unpaired) electrons. The number of aromatic nitrogens is 3. The predicted octanol–water partition coefficient (Wildman–Crippen LogP) is 4.31. The van der Waals surface area contributed by atoms with Crippen LogP contribution >= 0.6 is 11.6 Å². The molecular formula is C21H16ClN5O5. The molecule has 0 aliphatic carbocycles. The van der Waals surface area contributed by atoms with Gasteiger partial charge in [-0.2, -0.15) is 0 Å². The van der Waals surface area contributed by atoms with Gasteiger partial charge in [-0.15, -0.1) is 5.10 Å². The number of halogens is 1. The second-order valence-corrected chi connectivity index (χ2v) is 7.09. The minimum Gasteiger partial charge on any atom is -0.486 e. The number of nitrogens with one attached hydrogen (secondary N) is 1. The Morgan fingerprint density at radius 2 is 1.88 bits per heavy atom. The van der Waals surface area contributed by atoms with Gasteiger partial charge in [-0.1, -0.05) is 23.7 Å². The van der Waals surface area contributed by atoms with Crippen molar-refractivity contribution >= 4 is 29.1 Å². The van der Waals surface area contributed by atoms with E-state index < -0.39 is 10.8 Å². The Labute approximate surface area is 186 Å². The van der Waals surface area contributed by atoms with Gasteiger partial charge < -0.3 is 9.15 Å². The van der Waals surface area contributed by atoms with Crippen LogP contribution in [0.3, 0.4) is 0 Å². The van der Waals surface area contributed by atoms with Gasteiger partial charge in [0.05, 0.1) is 11.5 Å². The number of nitro groups is 1. The first kappa shape index (κ1) is 21.1. The van der Waals surface area contributed by atoms with E-state index in [-0.39, 0.29) is 24.0 Å². The van der Waals surface area contributed by atoms with E-state index in [4.69, 9.17) is 20.8 Å². The highest BCUT2D eigenvalue weighted by atomic mass is 35.5. The number of anilines is 1. The van der Waals surface area contributed by atoms with Crippen molar-refractivity contribution in [2.75, 3.05) is 5.32 Å². The quantitative estimate of drug-likeness (QED) is 0.311. The number of carbonyl (C=O) groups excluding carboxylic acids is 1. The minimum absolute atomic E-state index is 0.0291. The monoisotopic (exact) mass is 453 g/mol. The van der Waals surface area contributed by atoms with E-state index in [9.17, 15) is 14.9 Å². The fourth-order valence-corrected chi connectivity index (χ4v) is 2.89. The summed E-state index contributed by atoms with van der Waals surface area (Å²) in [5, 5.41) is 18.1. The third kappa shape index (κ3) is 5.29. The Hall–Kier alpha value is -4.18. The molecule has 2 heterocycles. The van der Waals surface area contributed by atoms with Gasteiger partial charge in [0.25, 0.3) is 11.6 Å². The van der Waals surface area contributed by atoms with Crippen molar-refractivity contribution in [2.24, 2.45) is 0 Å². The van der Waals surface area contributed by atoms with E-state index in [2.05, 4.69) is 15.4 Å². The second kappa shape index (κ2) is 9.31. The summed E-state index contributed by atoms with van der Waals surface area (Å²) in [7, 11) is 0. The number of nitro benzene ring substituents is 1. The summed E-state index contributed by atoms with van der Waals surface area (Å²) in [4.78, 5) is 26.7. The van der Waals surface area contributed by atoms with Crippen LogP contribution in [0.25, 0.3) is 0 Å². The average Bonchev–Trinajstić information content (AvgIpc) is 3.44. The molecule has 0 atom stereocenters. The van der Waals surface area contributed by atoms with Gasteiger partial charge in [0.15, 0.2) is 5.76 Å². The van der Waals surface area contributed by atoms with Crippen LogP contribution in [0.4, 0.5) is 11.6 Å². The van der Waals surface area contributed by atoms with E-state index in [1.54, 1.807) is 22.9 Å². The number of amides is 1. The van der Waals surface area contributed by atoms with Crippen molar-refractivity contribution in [1.82, 2.24) is 14.8 Å². The van der Waals surface area contributed by atoms with Crippen molar-refractivity contribution in [1.29, 1.82) is 0 Å². The number of carbonyl (C=O) groups is 1. The SMILES string of the molecule is O=C(Nc1ncn(Cc2ccc(Cl)cc2)n1)c1ccc(COc2ccc([N+](=O)[O-])cc2)o1. The molecule has 0 bridgehead atoms. The number of hydrogen-bond donors (Lipinski definition) is 1. The molecule has 4 aromatic rings.